The van der Waals surface area contributed by atoms with Crippen molar-refractivity contribution in [1.29, 1.82) is 0 Å². The predicted molar refractivity (Wildman–Crippen MR) is 90.2 cm³/mol. The number of hydrogen-bond donors (Lipinski definition) is 1. The number of methoxy groups -OCH3 is 2. The van der Waals surface area contributed by atoms with Gasteiger partial charge in [-0.25, -0.2) is 0 Å². The smallest absolute Gasteiger partial charge is 0.307 e. The van der Waals surface area contributed by atoms with Gasteiger partial charge >= 0.3 is 5.97 Å². The van der Waals surface area contributed by atoms with E-state index in [0.717, 1.165) is 12.8 Å². The summed E-state index contributed by atoms with van der Waals surface area (Å²) in [6.45, 7) is 1.55. The lowest BCUT2D eigenvalue weighted by atomic mass is 10.1. The molecule has 6 nitrogen and oxygen atoms in total. The van der Waals surface area contributed by atoms with Crippen molar-refractivity contribution in [2.75, 3.05) is 19.5 Å². The summed E-state index contributed by atoms with van der Waals surface area (Å²) in [7, 11) is 3.06. The van der Waals surface area contributed by atoms with Crippen LogP contribution in [0.4, 0.5) is 5.69 Å². The molecule has 24 heavy (non-hydrogen) atoms. The van der Waals surface area contributed by atoms with Crippen LogP contribution < -0.4 is 14.8 Å². The molecule has 1 aliphatic carbocycles. The monoisotopic (exact) mass is 333 g/mol. The van der Waals surface area contributed by atoms with Crippen LogP contribution in [0.15, 0.2) is 30.4 Å². The Morgan fingerprint density at radius 3 is 2.62 bits per heavy atom. The second kappa shape index (κ2) is 8.38. The first-order valence-electron chi connectivity index (χ1n) is 7.92. The summed E-state index contributed by atoms with van der Waals surface area (Å²) in [6.07, 6.45) is 5.48. The molecule has 1 N–H and O–H groups in total. The summed E-state index contributed by atoms with van der Waals surface area (Å²) in [5.41, 5.74) is 0.541. The van der Waals surface area contributed by atoms with Gasteiger partial charge in [0.25, 0.3) is 5.91 Å². The Hall–Kier alpha value is -2.50. The minimum atomic E-state index is -0.865. The van der Waals surface area contributed by atoms with E-state index in [2.05, 4.69) is 11.4 Å². The minimum absolute atomic E-state index is 0.221. The van der Waals surface area contributed by atoms with Gasteiger partial charge in [-0.2, -0.15) is 0 Å². The fourth-order valence-electron chi connectivity index (χ4n) is 2.54. The molecule has 0 spiro atoms. The first kappa shape index (κ1) is 17.8. The van der Waals surface area contributed by atoms with Gasteiger partial charge in [-0.1, -0.05) is 12.2 Å². The largest absolute Gasteiger partial charge is 0.493 e. The molecule has 130 valence electrons. The number of rotatable bonds is 7. The van der Waals surface area contributed by atoms with Gasteiger partial charge in [-0.05, 0) is 37.8 Å². The SMILES string of the molecule is COc1ccc(NC(=O)[C@H](C)OC(=O)C[C@@H]2C=CCC2)cc1OC. The Bertz CT molecular complexity index is 626. The van der Waals surface area contributed by atoms with Gasteiger partial charge in [0.05, 0.1) is 20.6 Å². The third-order valence-corrected chi connectivity index (χ3v) is 3.87. The number of esters is 1. The third kappa shape index (κ3) is 4.75. The first-order chi connectivity index (χ1) is 11.5. The van der Waals surface area contributed by atoms with Gasteiger partial charge in [0.1, 0.15) is 0 Å². The van der Waals surface area contributed by atoms with Crippen LogP contribution in [-0.4, -0.2) is 32.2 Å². The number of benzene rings is 1. The number of anilines is 1. The van der Waals surface area contributed by atoms with Gasteiger partial charge in [0.2, 0.25) is 0 Å². The Balaban J connectivity index is 1.88. The molecule has 0 bridgehead atoms. The second-order valence-electron chi connectivity index (χ2n) is 5.66. The van der Waals surface area contributed by atoms with Crippen LogP contribution in [0, 0.1) is 5.92 Å². The van der Waals surface area contributed by atoms with Crippen LogP contribution >= 0.6 is 0 Å². The quantitative estimate of drug-likeness (QED) is 0.613. The normalized spacial score (nSPS) is 17.2. The standard InChI is InChI=1S/C18H23NO5/c1-12(24-17(20)10-13-6-4-5-7-13)18(21)19-14-8-9-15(22-2)16(11-14)23-3/h4,6,8-9,11-13H,5,7,10H2,1-3H3,(H,19,21)/t12-,13+/m0/s1. The zero-order valence-electron chi connectivity index (χ0n) is 14.2. The van der Waals surface area contributed by atoms with E-state index in [1.165, 1.54) is 14.2 Å². The van der Waals surface area contributed by atoms with E-state index in [1.54, 1.807) is 25.1 Å². The molecule has 1 amide bonds. The van der Waals surface area contributed by atoms with E-state index in [1.807, 2.05) is 6.08 Å². The van der Waals surface area contributed by atoms with E-state index >= 15 is 0 Å². The molecule has 0 unspecified atom stereocenters. The molecule has 6 heteroatoms. The number of amides is 1. The van der Waals surface area contributed by atoms with Gasteiger partial charge in [-0.15, -0.1) is 0 Å². The number of carbonyl (C=O) groups is 2. The maximum Gasteiger partial charge on any atom is 0.307 e. The van der Waals surface area contributed by atoms with Crippen LogP contribution in [0.2, 0.25) is 0 Å². The zero-order valence-corrected chi connectivity index (χ0v) is 14.2. The number of ether oxygens (including phenoxy) is 3. The third-order valence-electron chi connectivity index (χ3n) is 3.87. The number of carbonyl (C=O) groups excluding carboxylic acids is 2. The van der Waals surface area contributed by atoms with E-state index in [-0.39, 0.29) is 11.9 Å². The summed E-state index contributed by atoms with van der Waals surface area (Å²) >= 11 is 0. The fourth-order valence-corrected chi connectivity index (χ4v) is 2.54. The van der Waals surface area contributed by atoms with Crippen molar-refractivity contribution in [2.45, 2.75) is 32.3 Å². The molecule has 0 aliphatic heterocycles. The van der Waals surface area contributed by atoms with Gasteiger partial charge in [-0.3, -0.25) is 9.59 Å². The molecule has 2 atom stereocenters. The van der Waals surface area contributed by atoms with Crippen molar-refractivity contribution in [3.8, 4) is 11.5 Å². The van der Waals surface area contributed by atoms with Crippen molar-refractivity contribution in [2.24, 2.45) is 5.92 Å². The molecule has 0 heterocycles. The maximum atomic E-state index is 12.2. The molecule has 0 saturated heterocycles. The highest BCUT2D eigenvalue weighted by atomic mass is 16.5. The van der Waals surface area contributed by atoms with Crippen LogP contribution in [0.3, 0.4) is 0 Å². The molecule has 0 radical (unpaired) electrons. The van der Waals surface area contributed by atoms with E-state index in [0.29, 0.717) is 23.6 Å². The first-order valence-corrected chi connectivity index (χ1v) is 7.92. The van der Waals surface area contributed by atoms with Crippen molar-refractivity contribution in [3.63, 3.8) is 0 Å². The minimum Gasteiger partial charge on any atom is -0.493 e. The number of nitrogens with one attached hydrogen (secondary N) is 1. The van der Waals surface area contributed by atoms with Crippen LogP contribution in [0.1, 0.15) is 26.2 Å². The lowest BCUT2D eigenvalue weighted by Gasteiger charge is -2.15. The average Bonchev–Trinajstić information content (AvgIpc) is 3.07. The number of allylic oxidation sites excluding steroid dienone is 2. The molecule has 0 saturated carbocycles. The lowest BCUT2D eigenvalue weighted by molar-refractivity contribution is -0.153. The summed E-state index contributed by atoms with van der Waals surface area (Å²) in [4.78, 5) is 24.0. The Kier molecular flexibility index (Phi) is 6.23. The van der Waals surface area contributed by atoms with E-state index in [4.69, 9.17) is 14.2 Å². The van der Waals surface area contributed by atoms with Crippen molar-refractivity contribution < 1.29 is 23.8 Å². The average molecular weight is 333 g/mol. The van der Waals surface area contributed by atoms with Gasteiger partial charge < -0.3 is 19.5 Å². The molecule has 1 aromatic carbocycles. The summed E-state index contributed by atoms with van der Waals surface area (Å²) in [5, 5.41) is 2.70. The summed E-state index contributed by atoms with van der Waals surface area (Å²) in [6, 6.07) is 5.03. The number of hydrogen-bond acceptors (Lipinski definition) is 5. The van der Waals surface area contributed by atoms with Crippen molar-refractivity contribution >= 4 is 17.6 Å². The summed E-state index contributed by atoms with van der Waals surface area (Å²) in [5.74, 6) is 0.546. The summed E-state index contributed by atoms with van der Waals surface area (Å²) < 4.78 is 15.5. The fraction of sp³-hybridized carbons (Fsp3) is 0.444. The molecule has 2 rings (SSSR count). The Labute approximate surface area is 141 Å². The van der Waals surface area contributed by atoms with Crippen LogP contribution in [0.5, 0.6) is 11.5 Å². The molecule has 0 fully saturated rings. The molecule has 0 aromatic heterocycles. The Morgan fingerprint density at radius 2 is 2.00 bits per heavy atom. The topological polar surface area (TPSA) is 73.9 Å². The van der Waals surface area contributed by atoms with Gasteiger partial charge in [0.15, 0.2) is 17.6 Å². The second-order valence-corrected chi connectivity index (χ2v) is 5.66. The van der Waals surface area contributed by atoms with E-state index in [9.17, 15) is 9.59 Å². The van der Waals surface area contributed by atoms with E-state index < -0.39 is 12.0 Å². The van der Waals surface area contributed by atoms with Crippen molar-refractivity contribution in [1.82, 2.24) is 0 Å². The van der Waals surface area contributed by atoms with Crippen molar-refractivity contribution in [3.05, 3.63) is 30.4 Å². The molecular formula is C18H23NO5. The maximum absolute atomic E-state index is 12.2. The predicted octanol–water partition coefficient (Wildman–Crippen LogP) is 2.93. The lowest BCUT2D eigenvalue weighted by Crippen LogP contribution is -2.30. The van der Waals surface area contributed by atoms with Crippen LogP contribution in [0.25, 0.3) is 0 Å². The molecule has 1 aromatic rings. The van der Waals surface area contributed by atoms with Crippen LogP contribution in [-0.2, 0) is 14.3 Å². The Morgan fingerprint density at radius 1 is 1.25 bits per heavy atom. The van der Waals surface area contributed by atoms with Gasteiger partial charge in [0, 0.05) is 11.8 Å². The molecular weight excluding hydrogens is 310 g/mol. The highest BCUT2D eigenvalue weighted by Crippen LogP contribution is 2.29. The highest BCUT2D eigenvalue weighted by molar-refractivity contribution is 5.95. The highest BCUT2D eigenvalue weighted by Gasteiger charge is 2.21. The zero-order chi connectivity index (χ0) is 17.5. The molecule has 1 aliphatic rings.